The highest BCUT2D eigenvalue weighted by Gasteiger charge is 2.23. The first-order chi connectivity index (χ1) is 14.1. The maximum Gasteiger partial charge on any atom is 0.261 e. The quantitative estimate of drug-likeness (QED) is 0.659. The highest BCUT2D eigenvalue weighted by molar-refractivity contribution is 7.17. The van der Waals surface area contributed by atoms with Gasteiger partial charge in [-0.3, -0.25) is 4.79 Å². The zero-order valence-electron chi connectivity index (χ0n) is 16.8. The maximum absolute atomic E-state index is 12.9. The number of nitrogens with one attached hydrogen (secondary N) is 1. The number of ether oxygens (including phenoxy) is 2. The van der Waals surface area contributed by atoms with E-state index in [1.807, 2.05) is 68.7 Å². The monoisotopic (exact) mass is 408 g/mol. The minimum Gasteiger partial charge on any atom is -0.497 e. The van der Waals surface area contributed by atoms with E-state index in [9.17, 15) is 4.79 Å². The third-order valence-electron chi connectivity index (χ3n) is 5.13. The van der Waals surface area contributed by atoms with Crippen LogP contribution in [0.3, 0.4) is 0 Å². The van der Waals surface area contributed by atoms with E-state index < -0.39 is 0 Å². The Morgan fingerprint density at radius 2 is 1.97 bits per heavy atom. The summed E-state index contributed by atoms with van der Waals surface area (Å²) in [5, 5.41) is 3.10. The van der Waals surface area contributed by atoms with Gasteiger partial charge in [-0.05, 0) is 50.0 Å². The van der Waals surface area contributed by atoms with Crippen LogP contribution in [0.15, 0.2) is 54.6 Å². The summed E-state index contributed by atoms with van der Waals surface area (Å²) >= 11 is 1.52. The molecule has 0 spiro atoms. The number of carbonyl (C=O) groups excluding carboxylic acids is 1. The molecule has 0 saturated carbocycles. The van der Waals surface area contributed by atoms with E-state index in [0.29, 0.717) is 18.0 Å². The van der Waals surface area contributed by atoms with Gasteiger partial charge in [0.2, 0.25) is 0 Å². The predicted octanol–water partition coefficient (Wildman–Crippen LogP) is 4.35. The number of para-hydroxylation sites is 1. The van der Waals surface area contributed by atoms with Gasteiger partial charge in [-0.25, -0.2) is 0 Å². The number of fused-ring (bicyclic) bond motifs is 3. The second-order valence-corrected chi connectivity index (χ2v) is 8.26. The Bertz CT molecular complexity index is 1010. The average molecular weight is 409 g/mol. The predicted molar refractivity (Wildman–Crippen MR) is 116 cm³/mol. The topological polar surface area (TPSA) is 50.8 Å². The molecule has 4 rings (SSSR count). The molecule has 5 nitrogen and oxygen atoms in total. The molecule has 1 aliphatic heterocycles. The summed E-state index contributed by atoms with van der Waals surface area (Å²) in [7, 11) is 5.68. The van der Waals surface area contributed by atoms with Crippen LogP contribution in [0.1, 0.15) is 26.8 Å². The number of methoxy groups -OCH3 is 1. The molecule has 0 saturated heterocycles. The molecule has 1 aromatic heterocycles. The zero-order chi connectivity index (χ0) is 20.4. The first-order valence-electron chi connectivity index (χ1n) is 9.50. The first-order valence-corrected chi connectivity index (χ1v) is 10.3. The lowest BCUT2D eigenvalue weighted by Gasteiger charge is -2.25. The lowest BCUT2D eigenvalue weighted by Crippen LogP contribution is -2.34. The van der Waals surface area contributed by atoms with Crippen molar-refractivity contribution in [2.24, 2.45) is 0 Å². The Labute approximate surface area is 174 Å². The number of rotatable bonds is 6. The van der Waals surface area contributed by atoms with Gasteiger partial charge < -0.3 is 19.7 Å². The van der Waals surface area contributed by atoms with Crippen molar-refractivity contribution in [3.05, 3.63) is 70.6 Å². The standard InChI is InChI=1S/C23H24N2O3S/c1-25(2)19(15-8-10-17(27-3)11-9-15)13-24-23(26)21-12-16-14-28-20-7-5-4-6-18(20)22(16)29-21/h4-12,19H,13-14H2,1-3H3,(H,24,26). The summed E-state index contributed by atoms with van der Waals surface area (Å²) in [5.74, 6) is 1.64. The molecule has 2 aromatic carbocycles. The lowest BCUT2D eigenvalue weighted by atomic mass is 10.1. The van der Waals surface area contributed by atoms with Crippen LogP contribution in [-0.4, -0.2) is 38.6 Å². The maximum atomic E-state index is 12.9. The minimum atomic E-state index is -0.0535. The Balaban J connectivity index is 1.49. The van der Waals surface area contributed by atoms with Crippen LogP contribution in [0.4, 0.5) is 0 Å². The second-order valence-electron chi connectivity index (χ2n) is 7.21. The normalized spacial score (nSPS) is 13.2. The Morgan fingerprint density at radius 3 is 2.69 bits per heavy atom. The van der Waals surface area contributed by atoms with Crippen molar-refractivity contribution in [3.8, 4) is 21.9 Å². The molecule has 29 heavy (non-hydrogen) atoms. The SMILES string of the molecule is COc1ccc(C(CNC(=O)c2cc3c(s2)-c2ccccc2OC3)N(C)C)cc1. The van der Waals surface area contributed by atoms with Gasteiger partial charge in [0.15, 0.2) is 0 Å². The molecular weight excluding hydrogens is 384 g/mol. The van der Waals surface area contributed by atoms with E-state index in [2.05, 4.69) is 10.2 Å². The van der Waals surface area contributed by atoms with Crippen molar-refractivity contribution in [1.29, 1.82) is 0 Å². The number of amides is 1. The molecule has 0 bridgehead atoms. The van der Waals surface area contributed by atoms with Crippen LogP contribution in [0.5, 0.6) is 11.5 Å². The van der Waals surface area contributed by atoms with Crippen LogP contribution < -0.4 is 14.8 Å². The number of benzene rings is 2. The average Bonchev–Trinajstić information content (AvgIpc) is 3.19. The molecule has 150 valence electrons. The number of hydrogen-bond donors (Lipinski definition) is 1. The van der Waals surface area contributed by atoms with E-state index in [1.165, 1.54) is 11.3 Å². The van der Waals surface area contributed by atoms with Gasteiger partial charge in [0.05, 0.1) is 18.0 Å². The zero-order valence-corrected chi connectivity index (χ0v) is 17.6. The molecule has 1 atom stereocenters. The molecule has 0 aliphatic carbocycles. The van der Waals surface area contributed by atoms with E-state index in [0.717, 1.165) is 33.1 Å². The Morgan fingerprint density at radius 1 is 1.21 bits per heavy atom. The fourth-order valence-corrected chi connectivity index (χ4v) is 4.63. The smallest absolute Gasteiger partial charge is 0.261 e. The van der Waals surface area contributed by atoms with Gasteiger partial charge >= 0.3 is 0 Å². The highest BCUT2D eigenvalue weighted by atomic mass is 32.1. The molecule has 0 radical (unpaired) electrons. The molecule has 6 heteroatoms. The minimum absolute atomic E-state index is 0.0535. The van der Waals surface area contributed by atoms with Crippen LogP contribution in [0.2, 0.25) is 0 Å². The van der Waals surface area contributed by atoms with E-state index in [4.69, 9.17) is 9.47 Å². The molecule has 3 aromatic rings. The van der Waals surface area contributed by atoms with Gasteiger partial charge in [-0.15, -0.1) is 11.3 Å². The van der Waals surface area contributed by atoms with Crippen molar-refractivity contribution in [1.82, 2.24) is 10.2 Å². The second kappa shape index (κ2) is 8.27. The van der Waals surface area contributed by atoms with Crippen LogP contribution in [0, 0.1) is 0 Å². The molecule has 2 heterocycles. The van der Waals surface area contributed by atoms with Crippen LogP contribution in [-0.2, 0) is 6.61 Å². The first kappa shape index (κ1) is 19.5. The number of hydrogen-bond acceptors (Lipinski definition) is 5. The number of nitrogens with zero attached hydrogens (tertiary/aromatic N) is 1. The number of thiophene rings is 1. The lowest BCUT2D eigenvalue weighted by molar-refractivity contribution is 0.0946. The van der Waals surface area contributed by atoms with Gasteiger partial charge in [0.1, 0.15) is 18.1 Å². The fraction of sp³-hybridized carbons (Fsp3) is 0.261. The molecular formula is C23H24N2O3S. The van der Waals surface area contributed by atoms with Crippen molar-refractivity contribution < 1.29 is 14.3 Å². The highest BCUT2D eigenvalue weighted by Crippen LogP contribution is 2.42. The largest absolute Gasteiger partial charge is 0.497 e. The third kappa shape index (κ3) is 3.99. The summed E-state index contributed by atoms with van der Waals surface area (Å²) in [5.41, 5.74) is 3.25. The summed E-state index contributed by atoms with van der Waals surface area (Å²) in [4.78, 5) is 16.8. The van der Waals surface area contributed by atoms with Crippen molar-refractivity contribution in [2.45, 2.75) is 12.6 Å². The summed E-state index contributed by atoms with van der Waals surface area (Å²) in [6, 6.07) is 17.9. The Kier molecular flexibility index (Phi) is 5.56. The van der Waals surface area contributed by atoms with Gasteiger partial charge in [-0.1, -0.05) is 24.3 Å². The van der Waals surface area contributed by atoms with Gasteiger partial charge in [0, 0.05) is 22.5 Å². The van der Waals surface area contributed by atoms with Crippen LogP contribution >= 0.6 is 11.3 Å². The van der Waals surface area contributed by atoms with Crippen molar-refractivity contribution in [2.75, 3.05) is 27.7 Å². The van der Waals surface area contributed by atoms with Gasteiger partial charge in [0.25, 0.3) is 5.91 Å². The van der Waals surface area contributed by atoms with Gasteiger partial charge in [-0.2, -0.15) is 0 Å². The number of likely N-dealkylation sites (N-methyl/N-ethyl adjacent to an activating group) is 1. The van der Waals surface area contributed by atoms with Crippen LogP contribution in [0.25, 0.3) is 10.4 Å². The van der Waals surface area contributed by atoms with Crippen molar-refractivity contribution >= 4 is 17.2 Å². The summed E-state index contributed by atoms with van der Waals surface area (Å²) in [6.07, 6.45) is 0. The molecule has 0 fully saturated rings. The summed E-state index contributed by atoms with van der Waals surface area (Å²) in [6.45, 7) is 1.02. The van der Waals surface area contributed by atoms with E-state index in [1.54, 1.807) is 7.11 Å². The van der Waals surface area contributed by atoms with E-state index in [-0.39, 0.29) is 11.9 Å². The molecule has 1 aliphatic rings. The summed E-state index contributed by atoms with van der Waals surface area (Å²) < 4.78 is 11.0. The number of carbonyl (C=O) groups is 1. The molecule has 1 unspecified atom stereocenters. The van der Waals surface area contributed by atoms with E-state index >= 15 is 0 Å². The van der Waals surface area contributed by atoms with Crippen molar-refractivity contribution in [3.63, 3.8) is 0 Å². The fourth-order valence-electron chi connectivity index (χ4n) is 3.51. The third-order valence-corrected chi connectivity index (χ3v) is 6.34. The molecule has 1 N–H and O–H groups in total. The Hall–Kier alpha value is -2.83. The molecule has 1 amide bonds.